The number of nitrogens with two attached hydrogens (primary N) is 1. The van der Waals surface area contributed by atoms with E-state index in [1.807, 2.05) is 6.08 Å². The van der Waals surface area contributed by atoms with Gasteiger partial charge in [-0.2, -0.15) is 0 Å². The second-order valence-electron chi connectivity index (χ2n) is 9.10. The molecule has 0 aromatic carbocycles. The molecule has 1 heterocycles. The molecule has 1 aliphatic rings. The van der Waals surface area contributed by atoms with Crippen LogP contribution >= 0.6 is 0 Å². The molecule has 190 valence electrons. The monoisotopic (exact) mass is 461 g/mol. The summed E-state index contributed by atoms with van der Waals surface area (Å²) in [6, 6.07) is -1.16. The van der Waals surface area contributed by atoms with Gasteiger partial charge in [0.05, 0.1) is 18.8 Å². The van der Waals surface area contributed by atoms with Gasteiger partial charge in [0.1, 0.15) is 36.6 Å². The molecule has 1 aliphatic heterocycles. The minimum Gasteiger partial charge on any atom is -0.394 e. The number of aliphatic hydroxyl groups is 6. The number of hydrogen-bond acceptors (Lipinski definition) is 8. The van der Waals surface area contributed by atoms with Crippen molar-refractivity contribution >= 4 is 0 Å². The molecule has 0 saturated carbocycles. The van der Waals surface area contributed by atoms with Crippen LogP contribution in [-0.4, -0.2) is 86.0 Å². The predicted octanol–water partition coefficient (Wildman–Crippen LogP) is 1.14. The Morgan fingerprint density at radius 3 is 1.88 bits per heavy atom. The first-order valence-electron chi connectivity index (χ1n) is 12.4. The number of allylic oxidation sites excluding steroid dienone is 1. The Bertz CT molecular complexity index is 491. The van der Waals surface area contributed by atoms with Gasteiger partial charge in [-0.15, -0.1) is 0 Å². The smallest absolute Gasteiger partial charge is 0.114 e. The predicted molar refractivity (Wildman–Crippen MR) is 124 cm³/mol. The fourth-order valence-corrected chi connectivity index (χ4v) is 4.12. The minimum absolute atomic E-state index is 0.592. The molecule has 0 aromatic heterocycles. The second-order valence-corrected chi connectivity index (χ2v) is 9.10. The van der Waals surface area contributed by atoms with Crippen molar-refractivity contribution in [1.82, 2.24) is 0 Å². The lowest BCUT2D eigenvalue weighted by Crippen LogP contribution is -2.64. The van der Waals surface area contributed by atoms with E-state index in [0.29, 0.717) is 0 Å². The summed E-state index contributed by atoms with van der Waals surface area (Å²) < 4.78 is 5.31. The van der Waals surface area contributed by atoms with Gasteiger partial charge in [0.25, 0.3) is 0 Å². The molecule has 8 heteroatoms. The highest BCUT2D eigenvalue weighted by Crippen LogP contribution is 2.25. The maximum Gasteiger partial charge on any atom is 0.114 e. The molecule has 8 nitrogen and oxygen atoms in total. The maximum atomic E-state index is 10.4. The van der Waals surface area contributed by atoms with Crippen LogP contribution in [0.1, 0.15) is 84.0 Å². The Morgan fingerprint density at radius 1 is 0.812 bits per heavy atom. The Morgan fingerprint density at radius 2 is 1.34 bits per heavy atom. The second kappa shape index (κ2) is 16.9. The summed E-state index contributed by atoms with van der Waals surface area (Å²) in [6.07, 6.45) is 8.26. The fraction of sp³-hybridized carbons (Fsp3) is 0.917. The van der Waals surface area contributed by atoms with Gasteiger partial charge in [-0.25, -0.2) is 0 Å². The fourth-order valence-electron chi connectivity index (χ4n) is 4.12. The topological polar surface area (TPSA) is 157 Å². The molecule has 1 fully saturated rings. The molecule has 0 radical (unpaired) electrons. The molecule has 8 N–H and O–H groups in total. The lowest BCUT2D eigenvalue weighted by atomic mass is 9.88. The first-order chi connectivity index (χ1) is 15.3. The van der Waals surface area contributed by atoms with Crippen molar-refractivity contribution in [2.75, 3.05) is 6.61 Å². The quantitative estimate of drug-likeness (QED) is 0.126. The van der Waals surface area contributed by atoms with Gasteiger partial charge in [-0.05, 0) is 12.8 Å². The molecule has 8 atom stereocenters. The summed E-state index contributed by atoms with van der Waals surface area (Å²) in [7, 11) is 0. The first-order valence-corrected chi connectivity index (χ1v) is 12.4. The van der Waals surface area contributed by atoms with E-state index in [9.17, 15) is 30.6 Å². The molecule has 0 amide bonds. The van der Waals surface area contributed by atoms with Gasteiger partial charge in [0, 0.05) is 0 Å². The van der Waals surface area contributed by atoms with E-state index < -0.39 is 55.4 Å². The highest BCUT2D eigenvalue weighted by Gasteiger charge is 2.47. The Kier molecular flexibility index (Phi) is 15.6. The van der Waals surface area contributed by atoms with Crippen LogP contribution in [0.3, 0.4) is 0 Å². The van der Waals surface area contributed by atoms with Crippen molar-refractivity contribution in [2.24, 2.45) is 5.73 Å². The van der Waals surface area contributed by atoms with Crippen LogP contribution in [0.25, 0.3) is 0 Å². The van der Waals surface area contributed by atoms with Crippen LogP contribution < -0.4 is 5.73 Å². The molecule has 32 heavy (non-hydrogen) atoms. The summed E-state index contributed by atoms with van der Waals surface area (Å²) in [4.78, 5) is 0. The number of aliphatic hydroxyl groups excluding tert-OH is 6. The van der Waals surface area contributed by atoms with E-state index in [0.717, 1.165) is 19.3 Å². The SMILES string of the molecule is CCCCCCCCCCCCC/C=C/[C@@H](O)[C@@H](N)C(O)[C@@H]1O[C@H](CO)[C@H](O)[C@H](O)[C@H]1O. The first kappa shape index (κ1) is 29.5. The molecule has 1 unspecified atom stereocenters. The molecule has 0 spiro atoms. The van der Waals surface area contributed by atoms with E-state index in [2.05, 4.69) is 6.92 Å². The molecule has 0 bridgehead atoms. The van der Waals surface area contributed by atoms with E-state index in [4.69, 9.17) is 10.5 Å². The Labute approximate surface area is 193 Å². The van der Waals surface area contributed by atoms with E-state index in [1.165, 1.54) is 63.9 Å². The van der Waals surface area contributed by atoms with Gasteiger partial charge in [0.2, 0.25) is 0 Å². The van der Waals surface area contributed by atoms with Crippen molar-refractivity contribution in [1.29, 1.82) is 0 Å². The van der Waals surface area contributed by atoms with Crippen LogP contribution in [0.15, 0.2) is 12.2 Å². The highest BCUT2D eigenvalue weighted by molar-refractivity contribution is 5.02. The summed E-state index contributed by atoms with van der Waals surface area (Å²) in [5.74, 6) is 0. The largest absolute Gasteiger partial charge is 0.394 e. The normalized spacial score (nSPS) is 29.3. The highest BCUT2D eigenvalue weighted by atomic mass is 16.6. The number of unbranched alkanes of at least 4 members (excludes halogenated alkanes) is 11. The maximum absolute atomic E-state index is 10.4. The van der Waals surface area contributed by atoms with Gasteiger partial charge >= 0.3 is 0 Å². The van der Waals surface area contributed by atoms with E-state index in [1.54, 1.807) is 0 Å². The number of hydrogen-bond donors (Lipinski definition) is 7. The van der Waals surface area contributed by atoms with Gasteiger partial charge < -0.3 is 41.1 Å². The zero-order valence-corrected chi connectivity index (χ0v) is 19.6. The minimum atomic E-state index is -1.60. The standard InChI is InChI=1S/C24H47NO7/c1-2-3-4-5-6-7-8-9-10-11-12-13-14-15-17(27)19(25)21(29)24-23(31)22(30)20(28)18(16-26)32-24/h14-15,17-24,26-31H,2-13,16,25H2,1H3/b15-14+/t17-,18-,19-,20+,21?,22+,23-,24+/m1/s1. The van der Waals surface area contributed by atoms with Crippen LogP contribution in [0.5, 0.6) is 0 Å². The van der Waals surface area contributed by atoms with Crippen molar-refractivity contribution in [3.05, 3.63) is 12.2 Å². The molecule has 0 aromatic rings. The molecule has 1 saturated heterocycles. The van der Waals surface area contributed by atoms with Crippen LogP contribution in [0.2, 0.25) is 0 Å². The molecular weight excluding hydrogens is 414 g/mol. The lowest BCUT2D eigenvalue weighted by Gasteiger charge is -2.43. The number of rotatable bonds is 17. The van der Waals surface area contributed by atoms with E-state index >= 15 is 0 Å². The van der Waals surface area contributed by atoms with Crippen molar-refractivity contribution < 1.29 is 35.4 Å². The summed E-state index contributed by atoms with van der Waals surface area (Å²) in [5, 5.41) is 59.7. The van der Waals surface area contributed by atoms with E-state index in [-0.39, 0.29) is 0 Å². The van der Waals surface area contributed by atoms with Crippen LogP contribution in [0.4, 0.5) is 0 Å². The Hall–Kier alpha value is -0.580. The van der Waals surface area contributed by atoms with Crippen molar-refractivity contribution in [3.8, 4) is 0 Å². The van der Waals surface area contributed by atoms with Crippen LogP contribution in [-0.2, 0) is 4.74 Å². The Balaban J connectivity index is 2.22. The van der Waals surface area contributed by atoms with Crippen molar-refractivity contribution in [3.63, 3.8) is 0 Å². The van der Waals surface area contributed by atoms with Gasteiger partial charge in [-0.3, -0.25) is 0 Å². The van der Waals surface area contributed by atoms with Gasteiger partial charge in [-0.1, -0.05) is 83.3 Å². The van der Waals surface area contributed by atoms with Gasteiger partial charge in [0.15, 0.2) is 0 Å². The third-order valence-corrected chi connectivity index (χ3v) is 6.36. The molecule has 0 aliphatic carbocycles. The zero-order chi connectivity index (χ0) is 23.9. The summed E-state index contributed by atoms with van der Waals surface area (Å²) in [5.41, 5.74) is 5.92. The number of ether oxygens (including phenoxy) is 1. The molecule has 1 rings (SSSR count). The zero-order valence-electron chi connectivity index (χ0n) is 19.6. The average Bonchev–Trinajstić information content (AvgIpc) is 2.79. The van der Waals surface area contributed by atoms with Crippen LogP contribution in [0, 0.1) is 0 Å². The van der Waals surface area contributed by atoms with Crippen molar-refractivity contribution in [2.45, 2.75) is 133 Å². The summed E-state index contributed by atoms with van der Waals surface area (Å²) in [6.45, 7) is 1.64. The third kappa shape index (κ3) is 10.1. The average molecular weight is 462 g/mol. The summed E-state index contributed by atoms with van der Waals surface area (Å²) >= 11 is 0. The lowest BCUT2D eigenvalue weighted by molar-refractivity contribution is -0.252. The molecular formula is C24H47NO7. The third-order valence-electron chi connectivity index (χ3n) is 6.36.